The highest BCUT2D eigenvalue weighted by Gasteiger charge is 2.12. The molecule has 0 aliphatic heterocycles. The smallest absolute Gasteiger partial charge is 0.251 e. The third-order valence-electron chi connectivity index (χ3n) is 3.32. The molecule has 1 amide bonds. The van der Waals surface area contributed by atoms with Crippen LogP contribution in [-0.4, -0.2) is 35.2 Å². The molecule has 0 unspecified atom stereocenters. The topological polar surface area (TPSA) is 93.4 Å². The second kappa shape index (κ2) is 5.81. The summed E-state index contributed by atoms with van der Waals surface area (Å²) in [5, 5.41) is 10.7. The van der Waals surface area contributed by atoms with E-state index in [1.54, 1.807) is 16.7 Å². The molecule has 23 heavy (non-hydrogen) atoms. The quantitative estimate of drug-likeness (QED) is 0.772. The summed E-state index contributed by atoms with van der Waals surface area (Å²) in [5.74, 6) is 0.219. The van der Waals surface area contributed by atoms with Crippen LogP contribution in [0.1, 0.15) is 16.2 Å². The Hall–Kier alpha value is -2.74. The fourth-order valence-electron chi connectivity index (χ4n) is 2.14. The first-order valence-electron chi connectivity index (χ1n) is 6.82. The highest BCUT2D eigenvalue weighted by atomic mass is 32.2. The highest BCUT2D eigenvalue weighted by molar-refractivity contribution is 7.90. The largest absolute Gasteiger partial charge is 0.345 e. The average Bonchev–Trinajstić information content (AvgIpc) is 2.95. The summed E-state index contributed by atoms with van der Waals surface area (Å²) in [6.07, 6.45) is 2.91. The number of carbonyl (C=O) groups excluding carboxylic acids is 1. The molecule has 3 rings (SSSR count). The van der Waals surface area contributed by atoms with Crippen LogP contribution in [0.3, 0.4) is 0 Å². The van der Waals surface area contributed by atoms with E-state index in [4.69, 9.17) is 0 Å². The van der Waals surface area contributed by atoms with Gasteiger partial charge in [0, 0.05) is 18.0 Å². The third-order valence-corrected chi connectivity index (χ3v) is 4.43. The number of fused-ring (bicyclic) bond motifs is 1. The maximum absolute atomic E-state index is 12.2. The number of rotatable bonds is 4. The van der Waals surface area contributed by atoms with Crippen molar-refractivity contribution in [2.24, 2.45) is 0 Å². The molecular weight excluding hydrogens is 316 g/mol. The zero-order valence-electron chi connectivity index (χ0n) is 12.3. The molecule has 1 N–H and O–H groups in total. The average molecular weight is 330 g/mol. The van der Waals surface area contributed by atoms with Gasteiger partial charge in [-0.15, -0.1) is 10.2 Å². The number of sulfone groups is 1. The van der Waals surface area contributed by atoms with Crippen molar-refractivity contribution < 1.29 is 13.2 Å². The molecule has 1 aromatic carbocycles. The normalized spacial score (nSPS) is 11.5. The van der Waals surface area contributed by atoms with E-state index in [9.17, 15) is 13.2 Å². The Balaban J connectivity index is 1.77. The van der Waals surface area contributed by atoms with Gasteiger partial charge in [0.15, 0.2) is 21.3 Å². The SMILES string of the molecule is CS(=O)(=O)c1cccc(C(=O)NCc2nnc3ccccn23)c1. The van der Waals surface area contributed by atoms with Crippen LogP contribution >= 0.6 is 0 Å². The number of hydrogen-bond donors (Lipinski definition) is 1. The lowest BCUT2D eigenvalue weighted by atomic mass is 10.2. The lowest BCUT2D eigenvalue weighted by Crippen LogP contribution is -2.24. The third kappa shape index (κ3) is 3.21. The predicted molar refractivity (Wildman–Crippen MR) is 83.7 cm³/mol. The minimum absolute atomic E-state index is 0.109. The standard InChI is InChI=1S/C15H14N4O3S/c1-23(21,22)12-6-4-5-11(9-12)15(20)16-10-14-18-17-13-7-2-3-8-19(13)14/h2-9H,10H2,1H3,(H,16,20). The minimum atomic E-state index is -3.35. The molecule has 2 heterocycles. The molecule has 0 saturated heterocycles. The van der Waals surface area contributed by atoms with Crippen molar-refractivity contribution in [3.8, 4) is 0 Å². The zero-order valence-corrected chi connectivity index (χ0v) is 13.1. The molecule has 3 aromatic rings. The van der Waals surface area contributed by atoms with Gasteiger partial charge in [-0.25, -0.2) is 8.42 Å². The number of nitrogens with zero attached hydrogens (tertiary/aromatic N) is 3. The molecular formula is C15H14N4O3S. The molecule has 0 saturated carbocycles. The number of carbonyl (C=O) groups is 1. The molecule has 0 aliphatic carbocycles. The first-order chi connectivity index (χ1) is 10.9. The first kappa shape index (κ1) is 15.2. The Morgan fingerprint density at radius 1 is 1.17 bits per heavy atom. The zero-order chi connectivity index (χ0) is 16.4. The molecule has 0 spiro atoms. The number of pyridine rings is 1. The van der Waals surface area contributed by atoms with Crippen molar-refractivity contribution >= 4 is 21.4 Å². The van der Waals surface area contributed by atoms with Crippen molar-refractivity contribution in [3.05, 3.63) is 60.0 Å². The summed E-state index contributed by atoms with van der Waals surface area (Å²) < 4.78 is 24.9. The van der Waals surface area contributed by atoms with E-state index in [-0.39, 0.29) is 22.9 Å². The maximum Gasteiger partial charge on any atom is 0.251 e. The van der Waals surface area contributed by atoms with Crippen molar-refractivity contribution in [1.82, 2.24) is 19.9 Å². The van der Waals surface area contributed by atoms with Gasteiger partial charge in [-0.2, -0.15) is 0 Å². The first-order valence-corrected chi connectivity index (χ1v) is 8.71. The van der Waals surface area contributed by atoms with E-state index < -0.39 is 9.84 Å². The van der Waals surface area contributed by atoms with Gasteiger partial charge in [0.25, 0.3) is 5.91 Å². The van der Waals surface area contributed by atoms with E-state index in [2.05, 4.69) is 15.5 Å². The summed E-state index contributed by atoms with van der Waals surface area (Å²) >= 11 is 0. The fraction of sp³-hybridized carbons (Fsp3) is 0.133. The van der Waals surface area contributed by atoms with Gasteiger partial charge in [0.2, 0.25) is 0 Å². The lowest BCUT2D eigenvalue weighted by molar-refractivity contribution is 0.0949. The summed E-state index contributed by atoms with van der Waals surface area (Å²) in [4.78, 5) is 12.3. The summed E-state index contributed by atoms with van der Waals surface area (Å²) in [6.45, 7) is 0.188. The predicted octanol–water partition coefficient (Wildman–Crippen LogP) is 1.06. The molecule has 0 radical (unpaired) electrons. The van der Waals surface area contributed by atoms with Crippen molar-refractivity contribution in [1.29, 1.82) is 0 Å². The van der Waals surface area contributed by atoms with Gasteiger partial charge in [-0.1, -0.05) is 12.1 Å². The molecule has 0 bridgehead atoms. The van der Waals surface area contributed by atoms with E-state index in [1.165, 1.54) is 18.2 Å². The van der Waals surface area contributed by atoms with Crippen molar-refractivity contribution in [2.45, 2.75) is 11.4 Å². The monoisotopic (exact) mass is 330 g/mol. The number of nitrogens with one attached hydrogen (secondary N) is 1. The van der Waals surface area contributed by atoms with Gasteiger partial charge >= 0.3 is 0 Å². The molecule has 0 aliphatic rings. The molecule has 2 aromatic heterocycles. The van der Waals surface area contributed by atoms with E-state index in [0.29, 0.717) is 11.5 Å². The number of hydrogen-bond acceptors (Lipinski definition) is 5. The highest BCUT2D eigenvalue weighted by Crippen LogP contribution is 2.11. The number of amides is 1. The second-order valence-electron chi connectivity index (χ2n) is 5.03. The Morgan fingerprint density at radius 2 is 2.00 bits per heavy atom. The molecule has 8 heteroatoms. The van der Waals surface area contributed by atoms with E-state index in [1.807, 2.05) is 18.2 Å². The molecule has 0 atom stereocenters. The van der Waals surface area contributed by atoms with Crippen LogP contribution in [0.25, 0.3) is 5.65 Å². The van der Waals surface area contributed by atoms with Gasteiger partial charge in [-0.05, 0) is 30.3 Å². The van der Waals surface area contributed by atoms with Crippen LogP contribution in [-0.2, 0) is 16.4 Å². The van der Waals surface area contributed by atoms with Crippen LogP contribution in [0.4, 0.5) is 0 Å². The summed E-state index contributed by atoms with van der Waals surface area (Å²) in [7, 11) is -3.35. The molecule has 7 nitrogen and oxygen atoms in total. The van der Waals surface area contributed by atoms with Crippen molar-refractivity contribution in [2.75, 3.05) is 6.26 Å². The van der Waals surface area contributed by atoms with E-state index in [0.717, 1.165) is 6.26 Å². The minimum Gasteiger partial charge on any atom is -0.345 e. The molecule has 0 fully saturated rings. The summed E-state index contributed by atoms with van der Waals surface area (Å²) in [6, 6.07) is 11.4. The Labute approximate surface area is 132 Å². The maximum atomic E-state index is 12.2. The summed E-state index contributed by atoms with van der Waals surface area (Å²) in [5.41, 5.74) is 0.970. The van der Waals surface area contributed by atoms with Gasteiger partial charge in [0.05, 0.1) is 11.4 Å². The lowest BCUT2D eigenvalue weighted by Gasteiger charge is -2.06. The Morgan fingerprint density at radius 3 is 2.78 bits per heavy atom. The van der Waals surface area contributed by atoms with Crippen molar-refractivity contribution in [3.63, 3.8) is 0 Å². The fourth-order valence-corrected chi connectivity index (χ4v) is 2.81. The van der Waals surface area contributed by atoms with Gasteiger partial charge in [0.1, 0.15) is 0 Å². The number of benzene rings is 1. The molecule has 118 valence electrons. The van der Waals surface area contributed by atoms with Gasteiger partial charge in [-0.3, -0.25) is 9.20 Å². The van der Waals surface area contributed by atoms with Crippen LogP contribution < -0.4 is 5.32 Å². The Bertz CT molecular complexity index is 979. The second-order valence-corrected chi connectivity index (χ2v) is 7.04. The number of aromatic nitrogens is 3. The Kier molecular flexibility index (Phi) is 3.83. The van der Waals surface area contributed by atoms with E-state index >= 15 is 0 Å². The van der Waals surface area contributed by atoms with Crippen LogP contribution in [0.2, 0.25) is 0 Å². The van der Waals surface area contributed by atoms with Crippen LogP contribution in [0, 0.1) is 0 Å². The van der Waals surface area contributed by atoms with Crippen LogP contribution in [0.15, 0.2) is 53.6 Å². The van der Waals surface area contributed by atoms with Gasteiger partial charge < -0.3 is 5.32 Å². The van der Waals surface area contributed by atoms with Crippen LogP contribution in [0.5, 0.6) is 0 Å².